The molecule has 1 unspecified atom stereocenters. The van der Waals surface area contributed by atoms with Gasteiger partial charge in [0.15, 0.2) is 17.9 Å². The molecule has 3 aromatic rings. The number of nitrogens with one attached hydrogen (secondary N) is 2. The van der Waals surface area contributed by atoms with E-state index in [1.54, 1.807) is 18.2 Å². The molecular weight excluding hydrogens is 532 g/mol. The van der Waals surface area contributed by atoms with Crippen LogP contribution >= 0.6 is 7.75 Å². The van der Waals surface area contributed by atoms with Gasteiger partial charge in [0.2, 0.25) is 11.7 Å². The molecule has 17 nitrogen and oxygen atoms in total. The summed E-state index contributed by atoms with van der Waals surface area (Å²) in [6.45, 7) is 0.112. The monoisotopic (exact) mass is 553 g/mol. The summed E-state index contributed by atoms with van der Waals surface area (Å²) in [5.74, 6) is -1.68. The third-order valence-corrected chi connectivity index (χ3v) is 7.07. The molecule has 3 heterocycles. The first-order valence-electron chi connectivity index (χ1n) is 10.8. The predicted octanol–water partition coefficient (Wildman–Crippen LogP) is 1.20. The van der Waals surface area contributed by atoms with Gasteiger partial charge in [0.1, 0.15) is 23.5 Å². The third-order valence-electron chi connectivity index (χ3n) is 5.45. The lowest BCUT2D eigenvalue weighted by atomic mass is 10.1. The summed E-state index contributed by atoms with van der Waals surface area (Å²) in [5, 5.41) is 25.5. The van der Waals surface area contributed by atoms with E-state index in [2.05, 4.69) is 30.1 Å². The van der Waals surface area contributed by atoms with E-state index in [4.69, 9.17) is 25.0 Å². The number of aliphatic carboxylic acids is 1. The van der Waals surface area contributed by atoms with Crippen molar-refractivity contribution >= 4 is 30.8 Å². The fourth-order valence-electron chi connectivity index (χ4n) is 3.59. The Morgan fingerprint density at radius 2 is 2.21 bits per heavy atom. The molecular formula is C19H21FN9O8P. The number of carboxylic acid groups (broad SMARTS) is 1. The smallest absolute Gasteiger partial charge is 0.459 e. The molecule has 1 saturated heterocycles. The highest BCUT2D eigenvalue weighted by molar-refractivity contribution is 7.52. The van der Waals surface area contributed by atoms with Crippen LogP contribution in [-0.2, 0) is 18.6 Å². The quantitative estimate of drug-likeness (QED) is 0.103. The minimum atomic E-state index is -4.57. The summed E-state index contributed by atoms with van der Waals surface area (Å²) in [6, 6.07) is 6.12. The molecule has 19 heteroatoms. The van der Waals surface area contributed by atoms with Gasteiger partial charge in [-0.05, 0) is 24.6 Å². The van der Waals surface area contributed by atoms with Crippen LogP contribution < -0.4 is 20.9 Å². The highest BCUT2D eigenvalue weighted by Crippen LogP contribution is 2.48. The van der Waals surface area contributed by atoms with Gasteiger partial charge in [-0.15, -0.1) is 0 Å². The summed E-state index contributed by atoms with van der Waals surface area (Å²) in [7, 11) is -4.57. The maximum atomic E-state index is 15.4. The molecule has 0 spiro atoms. The van der Waals surface area contributed by atoms with E-state index < -0.39 is 56.2 Å². The average Bonchev–Trinajstić information content (AvgIpc) is 3.38. The number of alkyl halides is 1. The number of carboxylic acids is 1. The van der Waals surface area contributed by atoms with E-state index in [1.165, 1.54) is 12.1 Å². The molecule has 1 aliphatic rings. The number of nitrogen functional groups attached to an aromatic ring is 1. The zero-order valence-electron chi connectivity index (χ0n) is 19.4. The van der Waals surface area contributed by atoms with Gasteiger partial charge in [-0.2, -0.15) is 10.1 Å². The molecule has 1 aromatic carbocycles. The minimum Gasteiger partial charge on any atom is -0.480 e. The second-order valence-electron chi connectivity index (χ2n) is 8.07. The Morgan fingerprint density at radius 1 is 1.50 bits per heavy atom. The summed E-state index contributed by atoms with van der Waals surface area (Å²) < 4.78 is 46.2. The topological polar surface area (TPSA) is 253 Å². The number of azide groups is 1. The standard InChI is InChI=1S/C19H21FN9O8P/c1-9(17(32)33)26-38(34,37-10-5-3-2-4-6-10)35-7-19(27-28-22)13(30)11(20)16(36-19)29-8-23-12-14(29)24-18(21)25-15(12)31/h2-6,8-9,11,13,16,30H,7H2,1H3,(H,26,34)(H,32,33)(H3,21,24,25,31)/t9-,11+,13-,16+,19+,38?/m0/s1. The van der Waals surface area contributed by atoms with Crippen molar-refractivity contribution in [3.63, 3.8) is 0 Å². The van der Waals surface area contributed by atoms with Crippen LogP contribution in [0.15, 0.2) is 46.6 Å². The van der Waals surface area contributed by atoms with Crippen molar-refractivity contribution in [1.82, 2.24) is 24.6 Å². The third kappa shape index (κ3) is 5.17. The molecule has 38 heavy (non-hydrogen) atoms. The molecule has 6 atom stereocenters. The fraction of sp³-hybridized carbons (Fsp3) is 0.368. The Bertz CT molecular complexity index is 1500. The Hall–Kier alpha value is -4.05. The summed E-state index contributed by atoms with van der Waals surface area (Å²) in [6.07, 6.45) is -5.20. The van der Waals surface area contributed by atoms with Crippen molar-refractivity contribution < 1.29 is 37.7 Å². The van der Waals surface area contributed by atoms with Crippen LogP contribution in [-0.4, -0.2) is 66.4 Å². The Balaban J connectivity index is 1.66. The zero-order valence-corrected chi connectivity index (χ0v) is 20.3. The van der Waals surface area contributed by atoms with Gasteiger partial charge >= 0.3 is 19.3 Å². The fourth-order valence-corrected chi connectivity index (χ4v) is 5.11. The lowest BCUT2D eigenvalue weighted by Crippen LogP contribution is -2.45. The van der Waals surface area contributed by atoms with Gasteiger partial charge in [-0.1, -0.05) is 23.3 Å². The van der Waals surface area contributed by atoms with E-state index in [-0.39, 0.29) is 22.9 Å². The second-order valence-corrected chi connectivity index (χ2v) is 9.77. The molecule has 1 fully saturated rings. The predicted molar refractivity (Wildman–Crippen MR) is 126 cm³/mol. The molecule has 202 valence electrons. The van der Waals surface area contributed by atoms with E-state index in [9.17, 15) is 24.4 Å². The number of hydrogen-bond donors (Lipinski definition) is 5. The number of fused-ring (bicyclic) bond motifs is 1. The van der Waals surface area contributed by atoms with Gasteiger partial charge in [0, 0.05) is 4.91 Å². The summed E-state index contributed by atoms with van der Waals surface area (Å²) in [5.41, 5.74) is 11.1. The number of aliphatic hydroxyl groups is 1. The molecule has 0 radical (unpaired) electrons. The van der Waals surface area contributed by atoms with E-state index >= 15 is 4.39 Å². The number of imidazole rings is 1. The van der Waals surface area contributed by atoms with Crippen molar-refractivity contribution in [2.45, 2.75) is 37.2 Å². The molecule has 1 aliphatic heterocycles. The molecule has 0 aliphatic carbocycles. The number of H-pyrrole nitrogens is 1. The largest absolute Gasteiger partial charge is 0.480 e. The molecule has 2 aromatic heterocycles. The average molecular weight is 553 g/mol. The molecule has 4 rings (SSSR count). The first kappa shape index (κ1) is 27.0. The van der Waals surface area contributed by atoms with Crippen molar-refractivity contribution in [3.8, 4) is 5.75 Å². The van der Waals surface area contributed by atoms with E-state index in [1.807, 2.05) is 0 Å². The number of aromatic nitrogens is 4. The van der Waals surface area contributed by atoms with E-state index in [0.29, 0.717) is 0 Å². The number of halogens is 1. The number of carbonyl (C=O) groups is 1. The van der Waals surface area contributed by atoms with Crippen LogP contribution in [0.2, 0.25) is 0 Å². The van der Waals surface area contributed by atoms with Crippen molar-refractivity contribution in [3.05, 3.63) is 57.5 Å². The molecule has 0 bridgehead atoms. The first-order valence-corrected chi connectivity index (χ1v) is 12.3. The number of para-hydroxylation sites is 1. The second kappa shape index (κ2) is 10.4. The summed E-state index contributed by atoms with van der Waals surface area (Å²) in [4.78, 5) is 35.9. The number of anilines is 1. The highest BCUT2D eigenvalue weighted by Gasteiger charge is 2.57. The Kier molecular flexibility index (Phi) is 7.37. The number of nitrogens with zero attached hydrogens (tertiary/aromatic N) is 6. The number of aliphatic hydroxyl groups excluding tert-OH is 1. The van der Waals surface area contributed by atoms with Crippen molar-refractivity contribution in [2.75, 3.05) is 12.3 Å². The Labute approximate surface area is 211 Å². The van der Waals surface area contributed by atoms with Crippen LogP contribution in [0.25, 0.3) is 21.6 Å². The number of benzene rings is 1. The number of ether oxygens (including phenoxy) is 1. The lowest BCUT2D eigenvalue weighted by molar-refractivity contribution is -0.138. The van der Waals surface area contributed by atoms with Gasteiger partial charge in [0.05, 0.1) is 12.9 Å². The SMILES string of the molecule is C[C@H](NP(=O)(OC[C@@]1(N=[N+]=[N-])O[C@@H](n2cnc3c(=O)nc(N)[nH]c32)[C@H](F)[C@@H]1O)Oc1ccccc1)C(=O)O. The maximum absolute atomic E-state index is 15.4. The maximum Gasteiger partial charge on any atom is 0.459 e. The lowest BCUT2D eigenvalue weighted by Gasteiger charge is -2.29. The van der Waals surface area contributed by atoms with Gasteiger partial charge in [-0.3, -0.25) is 18.7 Å². The first-order chi connectivity index (χ1) is 18.0. The molecule has 6 N–H and O–H groups in total. The van der Waals surface area contributed by atoms with Crippen LogP contribution in [0.5, 0.6) is 5.75 Å². The van der Waals surface area contributed by atoms with Crippen LogP contribution in [0.4, 0.5) is 10.3 Å². The number of rotatable bonds is 10. The number of hydrogen-bond acceptors (Lipinski definition) is 11. The van der Waals surface area contributed by atoms with E-state index in [0.717, 1.165) is 17.8 Å². The normalized spacial score (nSPS) is 25.4. The molecule has 0 saturated carbocycles. The van der Waals surface area contributed by atoms with Crippen LogP contribution in [0, 0.1) is 0 Å². The van der Waals surface area contributed by atoms with Gasteiger partial charge in [-0.25, -0.2) is 13.9 Å². The van der Waals surface area contributed by atoms with Crippen molar-refractivity contribution in [1.29, 1.82) is 0 Å². The zero-order chi connectivity index (χ0) is 27.7. The van der Waals surface area contributed by atoms with Gasteiger partial charge in [0.25, 0.3) is 0 Å². The van der Waals surface area contributed by atoms with Crippen LogP contribution in [0.3, 0.4) is 0 Å². The van der Waals surface area contributed by atoms with Crippen molar-refractivity contribution in [2.24, 2.45) is 5.11 Å². The minimum absolute atomic E-state index is 0.0212. The highest BCUT2D eigenvalue weighted by atomic mass is 31.2. The summed E-state index contributed by atoms with van der Waals surface area (Å²) >= 11 is 0. The number of aromatic amines is 1. The van der Waals surface area contributed by atoms with Crippen LogP contribution in [0.1, 0.15) is 13.2 Å². The van der Waals surface area contributed by atoms with Gasteiger partial charge < -0.3 is 30.2 Å². The number of nitrogens with two attached hydrogens (primary N) is 1. The molecule has 0 amide bonds. The Morgan fingerprint density at radius 3 is 2.87 bits per heavy atom.